The summed E-state index contributed by atoms with van der Waals surface area (Å²) in [5.41, 5.74) is 0. The van der Waals surface area contributed by atoms with Crippen molar-refractivity contribution in [1.82, 2.24) is 5.32 Å². The van der Waals surface area contributed by atoms with Gasteiger partial charge in [-0.3, -0.25) is 9.59 Å². The van der Waals surface area contributed by atoms with Crippen LogP contribution in [0.2, 0.25) is 0 Å². The first-order chi connectivity index (χ1) is 27.0. The van der Waals surface area contributed by atoms with Crippen molar-refractivity contribution < 1.29 is 24.5 Å². The van der Waals surface area contributed by atoms with E-state index in [1.54, 1.807) is 0 Å². The Balaban J connectivity index is 3.53. The van der Waals surface area contributed by atoms with Gasteiger partial charge in [-0.1, -0.05) is 219 Å². The second-order valence-electron chi connectivity index (χ2n) is 16.8. The Morgan fingerprint density at radius 1 is 0.491 bits per heavy atom. The quantitative estimate of drug-likeness (QED) is 0.0325. The highest BCUT2D eigenvalue weighted by atomic mass is 16.5. The predicted molar refractivity (Wildman–Crippen MR) is 237 cm³/mol. The van der Waals surface area contributed by atoms with Gasteiger partial charge < -0.3 is 20.3 Å². The molecule has 0 saturated carbocycles. The van der Waals surface area contributed by atoms with Crippen LogP contribution in [-0.4, -0.2) is 47.4 Å². The molecule has 2 atom stereocenters. The van der Waals surface area contributed by atoms with Crippen molar-refractivity contribution in [3.63, 3.8) is 0 Å². The van der Waals surface area contributed by atoms with Crippen molar-refractivity contribution in [2.75, 3.05) is 13.2 Å². The van der Waals surface area contributed by atoms with Gasteiger partial charge in [0.1, 0.15) is 0 Å². The van der Waals surface area contributed by atoms with E-state index in [2.05, 4.69) is 31.3 Å². The summed E-state index contributed by atoms with van der Waals surface area (Å²) < 4.78 is 5.44. The Bertz CT molecular complexity index is 817. The van der Waals surface area contributed by atoms with Crippen LogP contribution < -0.4 is 5.32 Å². The minimum Gasteiger partial charge on any atom is -0.466 e. The zero-order valence-electron chi connectivity index (χ0n) is 36.9. The average molecular weight is 778 g/mol. The first-order valence-corrected chi connectivity index (χ1v) is 24.4. The molecule has 0 aliphatic rings. The standard InChI is InChI=1S/C49H95NO5/c1-3-5-7-9-11-13-15-17-19-21-23-27-31-35-39-43-49(54)55-44-40-36-32-28-24-26-30-34-38-42-48(53)50-46(45-51)47(52)41-37-33-29-25-22-20-18-16-14-12-10-8-6-4-2/h26,30,46-47,51-52H,3-25,27-29,31-45H2,1-2H3,(H,50,53)/b30-26-. The van der Waals surface area contributed by atoms with E-state index in [-0.39, 0.29) is 18.5 Å². The van der Waals surface area contributed by atoms with Crippen LogP contribution in [-0.2, 0) is 14.3 Å². The molecule has 0 aromatic rings. The lowest BCUT2D eigenvalue weighted by Crippen LogP contribution is -2.45. The summed E-state index contributed by atoms with van der Waals surface area (Å²) in [7, 11) is 0. The average Bonchev–Trinajstić information content (AvgIpc) is 3.18. The van der Waals surface area contributed by atoms with E-state index in [1.165, 1.54) is 161 Å². The van der Waals surface area contributed by atoms with Crippen LogP contribution in [0.4, 0.5) is 0 Å². The van der Waals surface area contributed by atoms with Crippen molar-refractivity contribution in [1.29, 1.82) is 0 Å². The highest BCUT2D eigenvalue weighted by Gasteiger charge is 2.20. The highest BCUT2D eigenvalue weighted by Crippen LogP contribution is 2.16. The van der Waals surface area contributed by atoms with Crippen LogP contribution in [0.15, 0.2) is 12.2 Å². The molecule has 6 nitrogen and oxygen atoms in total. The number of carbonyl (C=O) groups excluding carboxylic acids is 2. The predicted octanol–water partition coefficient (Wildman–Crippen LogP) is 14.2. The number of ether oxygens (including phenoxy) is 1. The van der Waals surface area contributed by atoms with E-state index in [1.807, 2.05) is 0 Å². The zero-order chi connectivity index (χ0) is 40.1. The van der Waals surface area contributed by atoms with Crippen LogP contribution in [0.1, 0.15) is 264 Å². The molecule has 0 aromatic heterocycles. The molecule has 0 rings (SSSR count). The lowest BCUT2D eigenvalue weighted by Gasteiger charge is -2.22. The molecule has 2 unspecified atom stereocenters. The van der Waals surface area contributed by atoms with Gasteiger partial charge in [0.25, 0.3) is 0 Å². The maximum Gasteiger partial charge on any atom is 0.305 e. The molecule has 0 spiro atoms. The molecule has 0 fully saturated rings. The van der Waals surface area contributed by atoms with Crippen LogP contribution in [0, 0.1) is 0 Å². The third-order valence-corrected chi connectivity index (χ3v) is 11.3. The molecular weight excluding hydrogens is 683 g/mol. The lowest BCUT2D eigenvalue weighted by molar-refractivity contribution is -0.143. The summed E-state index contributed by atoms with van der Waals surface area (Å²) in [6, 6.07) is -0.577. The summed E-state index contributed by atoms with van der Waals surface area (Å²) in [6.07, 6.45) is 50.4. The minimum absolute atomic E-state index is 0.0328. The SMILES string of the molecule is CCCCCCCCCCCCCCCCCC(=O)OCCCCCC/C=C\CCCC(=O)NC(CO)C(O)CCCCCCCCCCCCCCCC. The molecule has 3 N–H and O–H groups in total. The Morgan fingerprint density at radius 3 is 1.33 bits per heavy atom. The number of aliphatic hydroxyl groups excluding tert-OH is 2. The van der Waals surface area contributed by atoms with Crippen LogP contribution in [0.5, 0.6) is 0 Å². The molecule has 0 aliphatic heterocycles. The van der Waals surface area contributed by atoms with E-state index in [9.17, 15) is 19.8 Å². The maximum absolute atomic E-state index is 12.4. The van der Waals surface area contributed by atoms with Crippen molar-refractivity contribution >= 4 is 11.9 Å². The molecule has 0 aliphatic carbocycles. The van der Waals surface area contributed by atoms with Gasteiger partial charge in [0.15, 0.2) is 0 Å². The molecule has 1 amide bonds. The molecule has 0 aromatic carbocycles. The van der Waals surface area contributed by atoms with Crippen LogP contribution in [0.3, 0.4) is 0 Å². The Labute approximate surface area is 342 Å². The number of amides is 1. The molecule has 0 bridgehead atoms. The number of unbranched alkanes of at least 4 members (excludes halogenated alkanes) is 32. The van der Waals surface area contributed by atoms with E-state index in [0.29, 0.717) is 25.9 Å². The number of aliphatic hydroxyl groups is 2. The summed E-state index contributed by atoms with van der Waals surface area (Å²) >= 11 is 0. The summed E-state index contributed by atoms with van der Waals surface area (Å²) in [6.45, 7) is 4.87. The molecule has 0 radical (unpaired) electrons. The number of rotatable bonds is 45. The second kappa shape index (κ2) is 45.3. The molecule has 0 saturated heterocycles. The van der Waals surface area contributed by atoms with E-state index < -0.39 is 12.1 Å². The van der Waals surface area contributed by atoms with E-state index in [0.717, 1.165) is 70.6 Å². The van der Waals surface area contributed by atoms with Gasteiger partial charge >= 0.3 is 5.97 Å². The smallest absolute Gasteiger partial charge is 0.305 e. The number of nitrogens with one attached hydrogen (secondary N) is 1. The third kappa shape index (κ3) is 42.0. The largest absolute Gasteiger partial charge is 0.466 e. The van der Waals surface area contributed by atoms with Gasteiger partial charge in [-0.15, -0.1) is 0 Å². The van der Waals surface area contributed by atoms with Gasteiger partial charge in [0.2, 0.25) is 5.91 Å². The number of esters is 1. The van der Waals surface area contributed by atoms with Crippen LogP contribution >= 0.6 is 0 Å². The van der Waals surface area contributed by atoms with Gasteiger partial charge in [-0.2, -0.15) is 0 Å². The molecule has 55 heavy (non-hydrogen) atoms. The van der Waals surface area contributed by atoms with Crippen molar-refractivity contribution in [2.45, 2.75) is 276 Å². The van der Waals surface area contributed by atoms with Gasteiger partial charge in [0.05, 0.1) is 25.4 Å². The summed E-state index contributed by atoms with van der Waals surface area (Å²) in [5, 5.41) is 23.1. The van der Waals surface area contributed by atoms with Crippen molar-refractivity contribution in [3.8, 4) is 0 Å². The zero-order valence-corrected chi connectivity index (χ0v) is 36.9. The van der Waals surface area contributed by atoms with E-state index in [4.69, 9.17) is 4.74 Å². The highest BCUT2D eigenvalue weighted by molar-refractivity contribution is 5.76. The molecule has 6 heteroatoms. The van der Waals surface area contributed by atoms with Gasteiger partial charge in [0, 0.05) is 12.8 Å². The number of allylic oxidation sites excluding steroid dienone is 2. The summed E-state index contributed by atoms with van der Waals surface area (Å²) in [5.74, 6) is -0.127. The lowest BCUT2D eigenvalue weighted by atomic mass is 10.0. The van der Waals surface area contributed by atoms with E-state index >= 15 is 0 Å². The monoisotopic (exact) mass is 778 g/mol. The normalized spacial score (nSPS) is 12.7. The molecule has 326 valence electrons. The molecule has 0 heterocycles. The van der Waals surface area contributed by atoms with Crippen molar-refractivity contribution in [3.05, 3.63) is 12.2 Å². The Kier molecular flexibility index (Phi) is 44.2. The third-order valence-electron chi connectivity index (χ3n) is 11.3. The first kappa shape index (κ1) is 53.6. The Hall–Kier alpha value is -1.40. The van der Waals surface area contributed by atoms with Gasteiger partial charge in [-0.25, -0.2) is 0 Å². The molecular formula is C49H95NO5. The number of hydrogen-bond acceptors (Lipinski definition) is 5. The Morgan fingerprint density at radius 2 is 0.873 bits per heavy atom. The van der Waals surface area contributed by atoms with Crippen LogP contribution in [0.25, 0.3) is 0 Å². The maximum atomic E-state index is 12.4. The topological polar surface area (TPSA) is 95.9 Å². The second-order valence-corrected chi connectivity index (χ2v) is 16.8. The fourth-order valence-corrected chi connectivity index (χ4v) is 7.52. The number of carbonyl (C=O) groups is 2. The van der Waals surface area contributed by atoms with Crippen molar-refractivity contribution in [2.24, 2.45) is 0 Å². The minimum atomic E-state index is -0.693. The summed E-state index contributed by atoms with van der Waals surface area (Å²) in [4.78, 5) is 24.4. The van der Waals surface area contributed by atoms with Gasteiger partial charge in [-0.05, 0) is 44.9 Å². The fraction of sp³-hybridized carbons (Fsp3) is 0.918. The fourth-order valence-electron chi connectivity index (χ4n) is 7.52. The number of hydrogen-bond donors (Lipinski definition) is 3. The first-order valence-electron chi connectivity index (χ1n) is 24.4.